The number of hydrogen-bond donors (Lipinski definition) is 1. The van der Waals surface area contributed by atoms with E-state index in [1.54, 1.807) is 16.2 Å². The first kappa shape index (κ1) is 21.9. The van der Waals surface area contributed by atoms with Gasteiger partial charge in [0.15, 0.2) is 0 Å². The second-order valence-electron chi connectivity index (χ2n) is 7.43. The summed E-state index contributed by atoms with van der Waals surface area (Å²) in [5.74, 6) is -0.757. The standard InChI is InChI=1S/C23H22N4O3S2/c1-15-7-8-18(32-15)17-13-31-22-21(17)23(30)27(14-25-22)12-20(29)26(10-9-19(24)28)11-16-5-3-2-4-6-16/h2-8,13-14H,9-12H2,1H3,(H2,24,28). The van der Waals surface area contributed by atoms with Crippen molar-refractivity contribution in [1.29, 1.82) is 0 Å². The quantitative estimate of drug-likeness (QED) is 0.430. The van der Waals surface area contributed by atoms with Crippen LogP contribution in [0.25, 0.3) is 20.7 Å². The smallest absolute Gasteiger partial charge is 0.263 e. The number of rotatable bonds is 8. The molecule has 0 saturated carbocycles. The molecule has 7 nitrogen and oxygen atoms in total. The number of carbonyl (C=O) groups excluding carboxylic acids is 2. The van der Waals surface area contributed by atoms with Crippen molar-refractivity contribution in [3.63, 3.8) is 0 Å². The highest BCUT2D eigenvalue weighted by atomic mass is 32.1. The molecule has 32 heavy (non-hydrogen) atoms. The number of aryl methyl sites for hydroxylation is 1. The molecule has 1 aromatic carbocycles. The molecule has 0 aliphatic carbocycles. The average Bonchev–Trinajstić information content (AvgIpc) is 3.40. The van der Waals surface area contributed by atoms with Crippen molar-refractivity contribution in [2.45, 2.75) is 26.4 Å². The Morgan fingerprint density at radius 2 is 1.94 bits per heavy atom. The number of benzene rings is 1. The van der Waals surface area contributed by atoms with Gasteiger partial charge in [-0.1, -0.05) is 30.3 Å². The van der Waals surface area contributed by atoms with Gasteiger partial charge in [-0.2, -0.15) is 0 Å². The third-order valence-corrected chi connectivity index (χ3v) is 6.99. The Labute approximate surface area is 192 Å². The number of aromatic nitrogens is 2. The molecule has 0 atom stereocenters. The molecule has 0 saturated heterocycles. The minimum absolute atomic E-state index is 0.0527. The van der Waals surface area contributed by atoms with Crippen LogP contribution in [0.1, 0.15) is 16.9 Å². The van der Waals surface area contributed by atoms with Crippen molar-refractivity contribution in [3.05, 3.63) is 75.0 Å². The number of fused-ring (bicyclic) bond motifs is 1. The summed E-state index contributed by atoms with van der Waals surface area (Å²) < 4.78 is 1.34. The van der Waals surface area contributed by atoms with Gasteiger partial charge in [0.25, 0.3) is 5.56 Å². The molecular formula is C23H22N4O3S2. The van der Waals surface area contributed by atoms with E-state index >= 15 is 0 Å². The summed E-state index contributed by atoms with van der Waals surface area (Å²) in [7, 11) is 0. The maximum Gasteiger partial charge on any atom is 0.263 e. The molecule has 4 rings (SSSR count). The SMILES string of the molecule is Cc1ccc(-c2csc3ncn(CC(=O)N(CCC(N)=O)Cc4ccccc4)c(=O)c23)s1. The van der Waals surface area contributed by atoms with Crippen molar-refractivity contribution < 1.29 is 9.59 Å². The summed E-state index contributed by atoms with van der Waals surface area (Å²) in [6, 6.07) is 13.5. The fourth-order valence-corrected chi connectivity index (χ4v) is 5.29. The van der Waals surface area contributed by atoms with E-state index in [1.807, 2.05) is 54.8 Å². The molecule has 3 aromatic heterocycles. The zero-order valence-corrected chi connectivity index (χ0v) is 19.1. The van der Waals surface area contributed by atoms with Gasteiger partial charge in [-0.15, -0.1) is 22.7 Å². The molecule has 0 aliphatic heterocycles. The lowest BCUT2D eigenvalue weighted by Crippen LogP contribution is -2.38. The first-order chi connectivity index (χ1) is 15.4. The van der Waals surface area contributed by atoms with Gasteiger partial charge in [-0.3, -0.25) is 19.0 Å². The van der Waals surface area contributed by atoms with Crippen molar-refractivity contribution >= 4 is 44.7 Å². The lowest BCUT2D eigenvalue weighted by atomic mass is 10.2. The number of carbonyl (C=O) groups is 2. The lowest BCUT2D eigenvalue weighted by molar-refractivity contribution is -0.133. The van der Waals surface area contributed by atoms with E-state index in [9.17, 15) is 14.4 Å². The molecule has 0 fully saturated rings. The molecule has 0 spiro atoms. The Morgan fingerprint density at radius 3 is 2.62 bits per heavy atom. The fraction of sp³-hybridized carbons (Fsp3) is 0.217. The van der Waals surface area contributed by atoms with E-state index in [-0.39, 0.29) is 31.0 Å². The fourth-order valence-electron chi connectivity index (χ4n) is 3.43. The predicted octanol–water partition coefficient (Wildman–Crippen LogP) is 3.40. The van der Waals surface area contributed by atoms with Crippen LogP contribution in [-0.2, 0) is 22.7 Å². The Balaban J connectivity index is 1.62. The predicted molar refractivity (Wildman–Crippen MR) is 128 cm³/mol. The third-order valence-electron chi connectivity index (χ3n) is 5.07. The Bertz CT molecular complexity index is 1320. The molecule has 9 heteroatoms. The normalized spacial score (nSPS) is 11.0. The molecule has 0 aliphatic rings. The summed E-state index contributed by atoms with van der Waals surface area (Å²) in [5, 5.41) is 2.46. The van der Waals surface area contributed by atoms with E-state index in [4.69, 9.17) is 5.73 Å². The van der Waals surface area contributed by atoms with E-state index in [2.05, 4.69) is 4.98 Å². The van der Waals surface area contributed by atoms with Gasteiger partial charge in [0, 0.05) is 40.2 Å². The average molecular weight is 467 g/mol. The van der Waals surface area contributed by atoms with Gasteiger partial charge in [-0.25, -0.2) is 4.98 Å². The summed E-state index contributed by atoms with van der Waals surface area (Å²) in [6.07, 6.45) is 1.47. The first-order valence-corrected chi connectivity index (χ1v) is 11.8. The summed E-state index contributed by atoms with van der Waals surface area (Å²) >= 11 is 3.03. The van der Waals surface area contributed by atoms with Crippen LogP contribution in [0.4, 0.5) is 0 Å². The molecule has 0 radical (unpaired) electrons. The number of nitrogens with two attached hydrogens (primary N) is 1. The summed E-state index contributed by atoms with van der Waals surface area (Å²) in [6.45, 7) is 2.37. The summed E-state index contributed by atoms with van der Waals surface area (Å²) in [4.78, 5) is 46.4. The monoisotopic (exact) mass is 466 g/mol. The van der Waals surface area contributed by atoms with Gasteiger partial charge in [-0.05, 0) is 24.6 Å². The number of amides is 2. The van der Waals surface area contributed by atoms with E-state index in [0.717, 1.165) is 20.9 Å². The van der Waals surface area contributed by atoms with Crippen molar-refractivity contribution in [2.24, 2.45) is 5.73 Å². The minimum atomic E-state index is -0.481. The number of nitrogens with zero attached hydrogens (tertiary/aromatic N) is 3. The molecule has 164 valence electrons. The maximum atomic E-state index is 13.3. The Morgan fingerprint density at radius 1 is 1.16 bits per heavy atom. The summed E-state index contributed by atoms with van der Waals surface area (Å²) in [5.41, 5.74) is 6.82. The van der Waals surface area contributed by atoms with Crippen LogP contribution in [0, 0.1) is 6.92 Å². The molecule has 0 bridgehead atoms. The molecule has 2 N–H and O–H groups in total. The van der Waals surface area contributed by atoms with Crippen molar-refractivity contribution in [1.82, 2.24) is 14.5 Å². The van der Waals surface area contributed by atoms with Crippen LogP contribution in [0.2, 0.25) is 0 Å². The molecule has 3 heterocycles. The minimum Gasteiger partial charge on any atom is -0.370 e. The van der Waals surface area contributed by atoms with Crippen LogP contribution in [0.5, 0.6) is 0 Å². The maximum absolute atomic E-state index is 13.3. The van der Waals surface area contributed by atoms with Gasteiger partial charge in [0.2, 0.25) is 11.8 Å². The number of hydrogen-bond acceptors (Lipinski definition) is 6. The van der Waals surface area contributed by atoms with Gasteiger partial charge in [0.1, 0.15) is 11.4 Å². The Hall–Kier alpha value is -3.30. The zero-order valence-electron chi connectivity index (χ0n) is 17.5. The van der Waals surface area contributed by atoms with Crippen LogP contribution in [0.3, 0.4) is 0 Å². The molecular weight excluding hydrogens is 444 g/mol. The van der Waals surface area contributed by atoms with Crippen molar-refractivity contribution in [2.75, 3.05) is 6.54 Å². The molecule has 4 aromatic rings. The van der Waals surface area contributed by atoms with Gasteiger partial charge in [0.05, 0.1) is 11.7 Å². The van der Waals surface area contributed by atoms with Gasteiger partial charge >= 0.3 is 0 Å². The van der Waals surface area contributed by atoms with E-state index in [1.165, 1.54) is 22.2 Å². The third kappa shape index (κ3) is 4.79. The molecule has 0 unspecified atom stereocenters. The van der Waals surface area contributed by atoms with Crippen LogP contribution < -0.4 is 11.3 Å². The highest BCUT2D eigenvalue weighted by Crippen LogP contribution is 2.34. The van der Waals surface area contributed by atoms with Crippen LogP contribution >= 0.6 is 22.7 Å². The van der Waals surface area contributed by atoms with Crippen LogP contribution in [-0.4, -0.2) is 32.8 Å². The lowest BCUT2D eigenvalue weighted by Gasteiger charge is -2.22. The largest absolute Gasteiger partial charge is 0.370 e. The highest BCUT2D eigenvalue weighted by molar-refractivity contribution is 7.19. The first-order valence-electron chi connectivity index (χ1n) is 10.1. The van der Waals surface area contributed by atoms with E-state index < -0.39 is 5.91 Å². The highest BCUT2D eigenvalue weighted by Gasteiger charge is 2.19. The Kier molecular flexibility index (Phi) is 6.48. The van der Waals surface area contributed by atoms with E-state index in [0.29, 0.717) is 16.8 Å². The zero-order chi connectivity index (χ0) is 22.7. The van der Waals surface area contributed by atoms with Crippen LogP contribution in [0.15, 0.2) is 59.0 Å². The number of primary amides is 1. The second-order valence-corrected chi connectivity index (χ2v) is 9.58. The van der Waals surface area contributed by atoms with Crippen molar-refractivity contribution in [3.8, 4) is 10.4 Å². The topological polar surface area (TPSA) is 98.3 Å². The number of thiophene rings is 2. The molecule has 2 amide bonds. The van der Waals surface area contributed by atoms with Gasteiger partial charge < -0.3 is 10.6 Å². The second kappa shape index (κ2) is 9.46.